The molecule has 0 spiro atoms. The van der Waals surface area contributed by atoms with Crippen LogP contribution in [-0.2, 0) is 14.8 Å². The Labute approximate surface area is 151 Å². The van der Waals surface area contributed by atoms with Crippen LogP contribution in [0.15, 0.2) is 47.4 Å². The molecule has 2 aromatic rings. The van der Waals surface area contributed by atoms with Crippen LogP contribution < -0.4 is 15.4 Å². The minimum Gasteiger partial charge on any atom is -0.366 e. The number of benzene rings is 2. The number of nitrogens with one attached hydrogen (secondary N) is 1. The third-order valence-electron chi connectivity index (χ3n) is 4.24. The monoisotopic (exact) mass is 373 g/mol. The van der Waals surface area contributed by atoms with Crippen molar-refractivity contribution in [2.75, 3.05) is 16.2 Å². The summed E-state index contributed by atoms with van der Waals surface area (Å²) in [6.07, 6.45) is 1.31. The molecule has 26 heavy (non-hydrogen) atoms. The fourth-order valence-corrected chi connectivity index (χ4v) is 4.09. The standard InChI is InChI=1S/C18H19N3O4S/c1-12-10-15(7-8-16(12)21-9-3-6-17(21)22)26(24,25)20-14-5-2-4-13(11-14)18(19)23/h2,4-5,7-8,10-11,20H,3,6,9H2,1H3,(H2,19,23). The molecule has 1 saturated heterocycles. The maximum Gasteiger partial charge on any atom is 0.261 e. The van der Waals surface area contributed by atoms with E-state index >= 15 is 0 Å². The van der Waals surface area contributed by atoms with Crippen LogP contribution in [-0.4, -0.2) is 26.8 Å². The van der Waals surface area contributed by atoms with Gasteiger partial charge >= 0.3 is 0 Å². The Balaban J connectivity index is 1.88. The van der Waals surface area contributed by atoms with Crippen LogP contribution in [0.4, 0.5) is 11.4 Å². The molecule has 7 nitrogen and oxygen atoms in total. The predicted molar refractivity (Wildman–Crippen MR) is 98.5 cm³/mol. The van der Waals surface area contributed by atoms with Crippen molar-refractivity contribution in [3.63, 3.8) is 0 Å². The van der Waals surface area contributed by atoms with Crippen molar-refractivity contribution < 1.29 is 18.0 Å². The predicted octanol–water partition coefficient (Wildman–Crippen LogP) is 2.02. The van der Waals surface area contributed by atoms with E-state index in [-0.39, 0.29) is 22.1 Å². The molecule has 0 saturated carbocycles. The van der Waals surface area contributed by atoms with E-state index in [0.29, 0.717) is 18.5 Å². The summed E-state index contributed by atoms with van der Waals surface area (Å²) in [7, 11) is -3.84. The summed E-state index contributed by atoms with van der Waals surface area (Å²) in [5.41, 5.74) is 7.10. The minimum atomic E-state index is -3.84. The summed E-state index contributed by atoms with van der Waals surface area (Å²) >= 11 is 0. The first-order valence-corrected chi connectivity index (χ1v) is 9.60. The minimum absolute atomic E-state index is 0.0464. The summed E-state index contributed by atoms with van der Waals surface area (Å²) in [5, 5.41) is 0. The smallest absolute Gasteiger partial charge is 0.261 e. The van der Waals surface area contributed by atoms with Gasteiger partial charge in [0.1, 0.15) is 0 Å². The lowest BCUT2D eigenvalue weighted by Crippen LogP contribution is -2.24. The Kier molecular flexibility index (Phi) is 4.69. The van der Waals surface area contributed by atoms with Gasteiger partial charge < -0.3 is 10.6 Å². The van der Waals surface area contributed by atoms with E-state index in [1.165, 1.54) is 30.3 Å². The van der Waals surface area contributed by atoms with E-state index in [1.807, 2.05) is 0 Å². The molecule has 0 unspecified atom stereocenters. The number of nitrogens with zero attached hydrogens (tertiary/aromatic N) is 1. The fourth-order valence-electron chi connectivity index (χ4n) is 2.95. The van der Waals surface area contributed by atoms with Gasteiger partial charge in [0.15, 0.2) is 0 Å². The lowest BCUT2D eigenvalue weighted by atomic mass is 10.2. The molecule has 0 bridgehead atoms. The SMILES string of the molecule is Cc1cc(S(=O)(=O)Nc2cccc(C(N)=O)c2)ccc1N1CCCC1=O. The lowest BCUT2D eigenvalue weighted by molar-refractivity contribution is -0.117. The summed E-state index contributed by atoms with van der Waals surface area (Å²) < 4.78 is 27.7. The van der Waals surface area contributed by atoms with Crippen molar-refractivity contribution in [3.05, 3.63) is 53.6 Å². The molecular formula is C18H19N3O4S. The van der Waals surface area contributed by atoms with E-state index in [1.54, 1.807) is 24.0 Å². The van der Waals surface area contributed by atoms with Crippen LogP contribution in [0.25, 0.3) is 0 Å². The summed E-state index contributed by atoms with van der Waals surface area (Å²) in [6.45, 7) is 2.41. The molecule has 1 heterocycles. The Morgan fingerprint density at radius 1 is 1.19 bits per heavy atom. The van der Waals surface area contributed by atoms with Crippen LogP contribution in [0.5, 0.6) is 0 Å². The van der Waals surface area contributed by atoms with Gasteiger partial charge in [0.2, 0.25) is 11.8 Å². The molecule has 0 radical (unpaired) electrons. The molecule has 0 aromatic heterocycles. The maximum atomic E-state index is 12.6. The molecule has 1 fully saturated rings. The van der Waals surface area contributed by atoms with Gasteiger partial charge in [0, 0.05) is 29.9 Å². The maximum absolute atomic E-state index is 12.6. The number of nitrogens with two attached hydrogens (primary N) is 1. The van der Waals surface area contributed by atoms with Crippen molar-refractivity contribution in [2.45, 2.75) is 24.7 Å². The fraction of sp³-hybridized carbons (Fsp3) is 0.222. The summed E-state index contributed by atoms with van der Waals surface area (Å²) in [5.74, 6) is -0.591. The molecule has 0 aliphatic carbocycles. The summed E-state index contributed by atoms with van der Waals surface area (Å²) in [4.78, 5) is 24.9. The van der Waals surface area contributed by atoms with Crippen LogP contribution in [0, 0.1) is 6.92 Å². The van der Waals surface area contributed by atoms with Gasteiger partial charge in [-0.2, -0.15) is 0 Å². The molecule has 3 N–H and O–H groups in total. The number of aryl methyl sites for hydroxylation is 1. The molecule has 2 amide bonds. The first kappa shape index (κ1) is 17.9. The number of primary amides is 1. The number of rotatable bonds is 5. The van der Waals surface area contributed by atoms with Gasteiger partial charge in [-0.3, -0.25) is 14.3 Å². The number of hydrogen-bond acceptors (Lipinski definition) is 4. The first-order valence-electron chi connectivity index (χ1n) is 8.11. The molecule has 3 rings (SSSR count). The van der Waals surface area contributed by atoms with Crippen LogP contribution in [0.1, 0.15) is 28.8 Å². The lowest BCUT2D eigenvalue weighted by Gasteiger charge is -2.19. The number of hydrogen-bond donors (Lipinski definition) is 2. The van der Waals surface area contributed by atoms with Gasteiger partial charge in [0.25, 0.3) is 10.0 Å². The van der Waals surface area contributed by atoms with Crippen molar-refractivity contribution in [2.24, 2.45) is 5.73 Å². The number of carbonyl (C=O) groups excluding carboxylic acids is 2. The van der Waals surface area contributed by atoms with Crippen molar-refractivity contribution in [3.8, 4) is 0 Å². The van der Waals surface area contributed by atoms with E-state index < -0.39 is 15.9 Å². The van der Waals surface area contributed by atoms with Gasteiger partial charge in [0.05, 0.1) is 4.90 Å². The van der Waals surface area contributed by atoms with Gasteiger partial charge in [-0.05, 0) is 55.3 Å². The number of amides is 2. The second-order valence-electron chi connectivity index (χ2n) is 6.15. The highest BCUT2D eigenvalue weighted by Gasteiger charge is 2.24. The van der Waals surface area contributed by atoms with E-state index in [2.05, 4.69) is 4.72 Å². The van der Waals surface area contributed by atoms with Gasteiger partial charge in [-0.1, -0.05) is 6.07 Å². The highest BCUT2D eigenvalue weighted by atomic mass is 32.2. The topological polar surface area (TPSA) is 110 Å². The molecule has 1 aliphatic rings. The van der Waals surface area contributed by atoms with E-state index in [0.717, 1.165) is 12.1 Å². The Hall–Kier alpha value is -2.87. The average molecular weight is 373 g/mol. The molecular weight excluding hydrogens is 354 g/mol. The Morgan fingerprint density at radius 2 is 1.96 bits per heavy atom. The van der Waals surface area contributed by atoms with Crippen molar-refractivity contribution in [1.82, 2.24) is 0 Å². The molecule has 1 aliphatic heterocycles. The van der Waals surface area contributed by atoms with Crippen molar-refractivity contribution >= 4 is 33.2 Å². The average Bonchev–Trinajstić information content (AvgIpc) is 3.00. The number of anilines is 2. The Morgan fingerprint density at radius 3 is 2.58 bits per heavy atom. The second-order valence-corrected chi connectivity index (χ2v) is 7.83. The second kappa shape index (κ2) is 6.80. The normalized spacial score (nSPS) is 14.5. The third-order valence-corrected chi connectivity index (χ3v) is 5.62. The van der Waals surface area contributed by atoms with E-state index in [9.17, 15) is 18.0 Å². The molecule has 136 valence electrons. The zero-order valence-corrected chi connectivity index (χ0v) is 15.0. The highest BCUT2D eigenvalue weighted by Crippen LogP contribution is 2.28. The van der Waals surface area contributed by atoms with E-state index in [4.69, 9.17) is 5.73 Å². The van der Waals surface area contributed by atoms with Crippen molar-refractivity contribution in [1.29, 1.82) is 0 Å². The number of sulfonamides is 1. The van der Waals surface area contributed by atoms with Crippen LogP contribution in [0.3, 0.4) is 0 Å². The quantitative estimate of drug-likeness (QED) is 0.835. The Bertz CT molecular complexity index is 986. The molecule has 2 aromatic carbocycles. The third kappa shape index (κ3) is 3.55. The number of carbonyl (C=O) groups is 2. The van der Waals surface area contributed by atoms with Crippen LogP contribution in [0.2, 0.25) is 0 Å². The molecule has 0 atom stereocenters. The van der Waals surface area contributed by atoms with Crippen LogP contribution >= 0.6 is 0 Å². The highest BCUT2D eigenvalue weighted by molar-refractivity contribution is 7.92. The zero-order valence-electron chi connectivity index (χ0n) is 14.2. The van der Waals surface area contributed by atoms with Gasteiger partial charge in [-0.25, -0.2) is 8.42 Å². The largest absolute Gasteiger partial charge is 0.366 e. The molecule has 8 heteroatoms. The zero-order chi connectivity index (χ0) is 18.9. The van der Waals surface area contributed by atoms with Gasteiger partial charge in [-0.15, -0.1) is 0 Å². The summed E-state index contributed by atoms with van der Waals surface area (Å²) in [6, 6.07) is 10.6. The first-order chi connectivity index (χ1) is 12.3.